The summed E-state index contributed by atoms with van der Waals surface area (Å²) >= 11 is 10.4. The molecule has 94 heavy (non-hydrogen) atoms. The summed E-state index contributed by atoms with van der Waals surface area (Å²) in [7, 11) is 0. The summed E-state index contributed by atoms with van der Waals surface area (Å²) in [6, 6.07) is 80.4. The molecule has 0 spiro atoms. The number of oxazole rings is 2. The molecule has 0 aliphatic heterocycles. The van der Waals surface area contributed by atoms with E-state index in [9.17, 15) is 0 Å². The van der Waals surface area contributed by atoms with E-state index in [4.69, 9.17) is 8.83 Å². The zero-order chi connectivity index (χ0) is 62.6. The van der Waals surface area contributed by atoms with Crippen LogP contribution < -0.4 is 36.5 Å². The number of fused-ring (bicyclic) bond motifs is 6. The number of hydrogen-bond donors (Lipinski definition) is 0. The highest BCUT2D eigenvalue weighted by molar-refractivity contribution is 7.17. The molecule has 0 unspecified atom stereocenters. The Labute approximate surface area is 563 Å². The van der Waals surface area contributed by atoms with Crippen LogP contribution in [0.5, 0.6) is 0 Å². The van der Waals surface area contributed by atoms with E-state index in [1.54, 1.807) is 80.8 Å². The van der Waals surface area contributed by atoms with Gasteiger partial charge in [0.05, 0.1) is 59.8 Å². The third kappa shape index (κ3) is 11.9. The molecule has 0 bridgehead atoms. The minimum atomic E-state index is 0.837. The van der Waals surface area contributed by atoms with Gasteiger partial charge in [0.2, 0.25) is 112 Å². The van der Waals surface area contributed by atoms with Gasteiger partial charge in [0.15, 0.2) is 12.4 Å². The van der Waals surface area contributed by atoms with Gasteiger partial charge in [0.25, 0.3) is 11.0 Å². The monoisotopic (exact) mass is 1330 g/mol. The Morgan fingerprint density at radius 1 is 0.266 bits per heavy atom. The molecule has 0 radical (unpaired) electrons. The van der Waals surface area contributed by atoms with E-state index in [1.165, 1.54) is 74.7 Å². The van der Waals surface area contributed by atoms with Crippen LogP contribution in [-0.4, -0.2) is 9.97 Å². The maximum atomic E-state index is 5.61. The topological polar surface area (TPSA) is 83.1 Å². The summed E-state index contributed by atoms with van der Waals surface area (Å²) in [5.41, 5.74) is 32.7. The quantitative estimate of drug-likeness (QED) is 0.135. The van der Waals surface area contributed by atoms with Gasteiger partial charge in [-0.3, -0.25) is 9.97 Å². The zero-order valence-electron chi connectivity index (χ0n) is 49.9. The van der Waals surface area contributed by atoms with Crippen molar-refractivity contribution in [1.29, 1.82) is 0 Å². The van der Waals surface area contributed by atoms with Crippen LogP contribution in [0, 0.1) is 0 Å². The first-order chi connectivity index (χ1) is 46.6. The maximum Gasteiger partial charge on any atom is 0.341 e. The number of benzene rings is 9. The third-order valence-corrected chi connectivity index (χ3v) is 20.8. The van der Waals surface area contributed by atoms with Crippen LogP contribution in [0.3, 0.4) is 0 Å². The standard InChI is InChI=1S/C26H18N2S2.C20H14N2S2.C19H13N3O2.C11H9N3S2/c1-2-8-19(9-3-1)20-14-21(27-17-29-25-12-6-4-10-23(25)27)16-22(15-20)28-18-30-26-13-7-5-11-24(26)28;1-3-10-19-17(8-1)21(13-23-19)15-6-5-7-16(12-15)22-14-24-20-11-4-2-9-18(20)22;1-3-7-18-16(5-1)21(12-23-18)14-9-15(11-20-10-14)22-13-24-19-8-4-2-6-17(19)22;1-3-15-8-13(1)10-5-11(7-12-6-10)14-2-4-16-9-14/h1-18H;1-14H;1-13H;1-9H/q4*+2. The normalized spacial score (nSPS) is 11.2. The smallest absolute Gasteiger partial charge is 0.341 e. The molecule has 0 aliphatic rings. The first-order valence-corrected chi connectivity index (χ1v) is 35.4. The Kier molecular flexibility index (Phi) is 16.3. The molecule has 0 atom stereocenters. The highest BCUT2D eigenvalue weighted by atomic mass is 32.1. The molecule has 12 nitrogen and oxygen atoms in total. The minimum Gasteiger partial charge on any atom is -0.403 e. The Morgan fingerprint density at radius 2 is 0.617 bits per heavy atom. The van der Waals surface area contributed by atoms with Crippen molar-refractivity contribution in [2.45, 2.75) is 0 Å². The van der Waals surface area contributed by atoms with Gasteiger partial charge in [0.1, 0.15) is 18.8 Å². The lowest BCUT2D eigenvalue weighted by Gasteiger charge is -2.04. The SMILES string of the molecule is c1c[n+](-c2cncc(-[n+]3ccsc3)c2)cs1.c1cc(-[n+]2csc3ccccc32)cc(-[n+]2csc3ccccc32)c1.c1ccc(-c2cc(-[n+]3csc4ccccc43)cc(-[n+]3csc4ccccc43)c2)cc1.c1ccc2c(c1)oc[n+]2-c1cncc(-[n+]2coc3ccccc32)c1. The predicted octanol–water partition coefficient (Wildman–Crippen LogP) is 15.9. The van der Waals surface area contributed by atoms with Crippen LogP contribution in [0.2, 0.25) is 0 Å². The van der Waals surface area contributed by atoms with Crippen LogP contribution in [0.1, 0.15) is 0 Å². The van der Waals surface area contributed by atoms with Crippen molar-refractivity contribution >= 4 is 131 Å². The van der Waals surface area contributed by atoms with Crippen molar-refractivity contribution in [3.63, 3.8) is 0 Å². The molecule has 19 aromatic rings. The van der Waals surface area contributed by atoms with Crippen LogP contribution in [-0.2, 0) is 0 Å². The van der Waals surface area contributed by atoms with E-state index in [0.717, 1.165) is 44.9 Å². The van der Waals surface area contributed by atoms with E-state index in [-0.39, 0.29) is 0 Å². The first kappa shape index (κ1) is 58.1. The van der Waals surface area contributed by atoms with Gasteiger partial charge in [0, 0.05) is 60.7 Å². The van der Waals surface area contributed by atoms with Crippen molar-refractivity contribution in [2.24, 2.45) is 0 Å². The van der Waals surface area contributed by atoms with Crippen LogP contribution in [0.25, 0.3) is 120 Å². The average molecular weight is 1330 g/mol. The van der Waals surface area contributed by atoms with Gasteiger partial charge >= 0.3 is 12.8 Å². The molecule has 0 amide bonds. The highest BCUT2D eigenvalue weighted by Crippen LogP contribution is 2.28. The number of rotatable bonds is 9. The van der Waals surface area contributed by atoms with E-state index < -0.39 is 0 Å². The Bertz CT molecular complexity index is 5310. The molecule has 0 N–H and O–H groups in total. The second-order valence-electron chi connectivity index (χ2n) is 21.7. The lowest BCUT2D eigenvalue weighted by molar-refractivity contribution is -0.599. The molecule has 10 heterocycles. The number of para-hydroxylation sites is 8. The number of nitrogens with zero attached hydrogens (tertiary/aromatic N) is 10. The highest BCUT2D eigenvalue weighted by Gasteiger charge is 2.26. The molecular weight excluding hydrogens is 1280 g/mol. The zero-order valence-corrected chi connectivity index (χ0v) is 54.8. The molecule has 0 aliphatic carbocycles. The summed E-state index contributed by atoms with van der Waals surface area (Å²) in [4.78, 5) is 8.65. The Morgan fingerprint density at radius 3 is 1.04 bits per heavy atom. The van der Waals surface area contributed by atoms with Crippen molar-refractivity contribution in [2.75, 3.05) is 0 Å². The summed E-state index contributed by atoms with van der Waals surface area (Å²) in [5.74, 6) is 0. The summed E-state index contributed by atoms with van der Waals surface area (Å²) in [5, 5.41) is 4.09. The molecule has 0 saturated carbocycles. The molecule has 18 heteroatoms. The largest absolute Gasteiger partial charge is 0.403 e. The van der Waals surface area contributed by atoms with Gasteiger partial charge in [-0.05, 0) is 53.6 Å². The van der Waals surface area contributed by atoms with Crippen molar-refractivity contribution < 1.29 is 45.4 Å². The fourth-order valence-corrected chi connectivity index (χ4v) is 16.1. The predicted molar refractivity (Wildman–Crippen MR) is 376 cm³/mol. The number of pyridine rings is 2. The van der Waals surface area contributed by atoms with Gasteiger partial charge < -0.3 is 8.83 Å². The molecule has 10 aromatic heterocycles. The Hall–Kier alpha value is -11.0. The van der Waals surface area contributed by atoms with Gasteiger partial charge in [-0.1, -0.05) is 171 Å². The lowest BCUT2D eigenvalue weighted by Crippen LogP contribution is -2.32. The molecule has 448 valence electrons. The van der Waals surface area contributed by atoms with E-state index in [1.807, 2.05) is 106 Å². The second kappa shape index (κ2) is 26.3. The fourth-order valence-electron chi connectivity index (χ4n) is 11.3. The molecule has 0 saturated heterocycles. The van der Waals surface area contributed by atoms with Crippen molar-refractivity contribution in [3.05, 3.63) is 324 Å². The second-order valence-corrected chi connectivity index (χ2v) is 26.7. The first-order valence-electron chi connectivity index (χ1n) is 30.0. The van der Waals surface area contributed by atoms with E-state index in [0.29, 0.717) is 0 Å². The number of hydrogen-bond acceptors (Lipinski definition) is 10. The van der Waals surface area contributed by atoms with Crippen molar-refractivity contribution in [3.8, 4) is 56.6 Å². The number of aromatic nitrogens is 10. The van der Waals surface area contributed by atoms with Gasteiger partial charge in [-0.2, -0.15) is 9.13 Å². The van der Waals surface area contributed by atoms with Gasteiger partial charge in [-0.25, -0.2) is 0 Å². The van der Waals surface area contributed by atoms with Crippen molar-refractivity contribution in [1.82, 2.24) is 9.97 Å². The number of thiazole rings is 6. The fraction of sp³-hybridized carbons (Fsp3) is 0. The van der Waals surface area contributed by atoms with Crippen LogP contribution in [0.15, 0.2) is 333 Å². The van der Waals surface area contributed by atoms with Crippen LogP contribution >= 0.6 is 68.0 Å². The molecular formula is C76H54N10O2S6+8. The molecule has 19 rings (SSSR count). The Balaban J connectivity index is 0.000000101. The van der Waals surface area contributed by atoms with Gasteiger partial charge in [-0.15, -0.1) is 27.4 Å². The summed E-state index contributed by atoms with van der Waals surface area (Å²) < 4.78 is 33.6. The summed E-state index contributed by atoms with van der Waals surface area (Å²) in [6.45, 7) is 0. The molecule has 9 aromatic carbocycles. The lowest BCUT2D eigenvalue weighted by atomic mass is 10.0. The maximum absolute atomic E-state index is 5.61. The molecule has 0 fully saturated rings. The van der Waals surface area contributed by atoms with E-state index in [2.05, 4.69) is 252 Å². The third-order valence-electron chi connectivity index (χ3n) is 15.9. The summed E-state index contributed by atoms with van der Waals surface area (Å²) in [6.07, 6.45) is 14.8. The van der Waals surface area contributed by atoms with E-state index >= 15 is 0 Å². The van der Waals surface area contributed by atoms with Crippen LogP contribution in [0.4, 0.5) is 0 Å². The minimum absolute atomic E-state index is 0.837. The average Bonchev–Trinajstić information content (AvgIpc) is 1.62.